The van der Waals surface area contributed by atoms with E-state index >= 15 is 0 Å². The van der Waals surface area contributed by atoms with Gasteiger partial charge in [0, 0.05) is 12.0 Å². The molecular formula is C18H28O. The number of carbonyl (C=O) groups excluding carboxylic acids is 1. The summed E-state index contributed by atoms with van der Waals surface area (Å²) < 4.78 is 0. The van der Waals surface area contributed by atoms with Gasteiger partial charge >= 0.3 is 0 Å². The molecule has 1 aromatic carbocycles. The summed E-state index contributed by atoms with van der Waals surface area (Å²) in [5.74, 6) is 0.268. The van der Waals surface area contributed by atoms with E-state index in [9.17, 15) is 4.79 Å². The fourth-order valence-corrected chi connectivity index (χ4v) is 2.08. The smallest absolute Gasteiger partial charge is 0.162 e. The Morgan fingerprint density at radius 2 is 1.47 bits per heavy atom. The molecule has 0 aromatic heterocycles. The molecule has 0 bridgehead atoms. The van der Waals surface area contributed by atoms with Crippen molar-refractivity contribution in [3.05, 3.63) is 35.4 Å². The highest BCUT2D eigenvalue weighted by Crippen LogP contribution is 2.24. The Hall–Kier alpha value is -1.11. The van der Waals surface area contributed by atoms with Crippen LogP contribution in [-0.4, -0.2) is 5.78 Å². The van der Waals surface area contributed by atoms with Gasteiger partial charge in [-0.2, -0.15) is 0 Å². The molecule has 0 spiro atoms. The van der Waals surface area contributed by atoms with Crippen LogP contribution in [0.2, 0.25) is 0 Å². The second-order valence-electron chi connectivity index (χ2n) is 7.66. The second kappa shape index (κ2) is 5.90. The van der Waals surface area contributed by atoms with Gasteiger partial charge in [0.1, 0.15) is 0 Å². The fraction of sp³-hybridized carbons (Fsp3) is 0.611. The van der Waals surface area contributed by atoms with Crippen molar-refractivity contribution in [2.75, 3.05) is 0 Å². The Morgan fingerprint density at radius 3 is 1.89 bits per heavy atom. The van der Waals surface area contributed by atoms with Crippen LogP contribution in [0.5, 0.6) is 0 Å². The zero-order chi connectivity index (χ0) is 14.7. The molecule has 106 valence electrons. The van der Waals surface area contributed by atoms with Gasteiger partial charge in [0.25, 0.3) is 0 Å². The molecule has 19 heavy (non-hydrogen) atoms. The summed E-state index contributed by atoms with van der Waals surface area (Å²) in [5.41, 5.74) is 2.59. The maximum Gasteiger partial charge on any atom is 0.162 e. The van der Waals surface area contributed by atoms with Crippen molar-refractivity contribution in [1.82, 2.24) is 0 Å². The maximum atomic E-state index is 12.1. The van der Waals surface area contributed by atoms with Gasteiger partial charge in [-0.05, 0) is 29.2 Å². The minimum absolute atomic E-state index is 0.147. The molecular weight excluding hydrogens is 232 g/mol. The summed E-state index contributed by atoms with van der Waals surface area (Å²) in [7, 11) is 0. The molecule has 1 heteroatoms. The Morgan fingerprint density at radius 1 is 0.947 bits per heavy atom. The van der Waals surface area contributed by atoms with Gasteiger partial charge in [-0.1, -0.05) is 65.8 Å². The van der Waals surface area contributed by atoms with Crippen LogP contribution in [0.25, 0.3) is 0 Å². The molecule has 0 amide bonds. The molecule has 0 saturated carbocycles. The van der Waals surface area contributed by atoms with E-state index < -0.39 is 0 Å². The van der Waals surface area contributed by atoms with Crippen molar-refractivity contribution < 1.29 is 4.79 Å². The zero-order valence-corrected chi connectivity index (χ0v) is 13.3. The van der Waals surface area contributed by atoms with Gasteiger partial charge in [-0.15, -0.1) is 0 Å². The van der Waals surface area contributed by atoms with Crippen LogP contribution in [0.15, 0.2) is 24.3 Å². The lowest BCUT2D eigenvalue weighted by molar-refractivity contribution is 0.0976. The van der Waals surface area contributed by atoms with Gasteiger partial charge in [0.2, 0.25) is 0 Å². The lowest BCUT2D eigenvalue weighted by Crippen LogP contribution is -2.11. The van der Waals surface area contributed by atoms with Crippen molar-refractivity contribution in [3.63, 3.8) is 0 Å². The molecule has 0 N–H and O–H groups in total. The Bertz CT molecular complexity index is 412. The second-order valence-corrected chi connectivity index (χ2v) is 7.66. The highest BCUT2D eigenvalue weighted by Gasteiger charge is 2.15. The summed E-state index contributed by atoms with van der Waals surface area (Å²) in [4.78, 5) is 12.1. The number of rotatable bonds is 4. The van der Waals surface area contributed by atoms with Gasteiger partial charge in [0.05, 0.1) is 0 Å². The molecule has 0 fully saturated rings. The minimum Gasteiger partial charge on any atom is -0.294 e. The summed E-state index contributed by atoms with van der Waals surface area (Å²) in [5, 5.41) is 0. The Balaban J connectivity index is 2.59. The predicted octanol–water partition coefficient (Wildman–Crippen LogP) is 5.38. The molecule has 0 saturated heterocycles. The molecule has 1 nitrogen and oxygen atoms in total. The molecule has 0 aliphatic heterocycles. The standard InChI is InChI=1S/C18H28O/c1-17(2,3)13-7-8-16(19)14-9-11-15(12-10-14)18(4,5)6/h9-12H,7-8,13H2,1-6H3. The number of carbonyl (C=O) groups is 1. The monoisotopic (exact) mass is 260 g/mol. The Kier molecular flexibility index (Phi) is 4.95. The lowest BCUT2D eigenvalue weighted by Gasteiger charge is -2.19. The SMILES string of the molecule is CC(C)(C)CCCC(=O)c1ccc(C(C)(C)C)cc1. The van der Waals surface area contributed by atoms with Crippen LogP contribution in [0.1, 0.15) is 76.7 Å². The van der Waals surface area contributed by atoms with Gasteiger partial charge < -0.3 is 0 Å². The van der Waals surface area contributed by atoms with E-state index in [2.05, 4.69) is 53.7 Å². The zero-order valence-electron chi connectivity index (χ0n) is 13.3. The number of hydrogen-bond acceptors (Lipinski definition) is 1. The predicted molar refractivity (Wildman–Crippen MR) is 82.8 cm³/mol. The van der Waals surface area contributed by atoms with Gasteiger partial charge in [-0.25, -0.2) is 0 Å². The van der Waals surface area contributed by atoms with Crippen LogP contribution in [0, 0.1) is 5.41 Å². The van der Waals surface area contributed by atoms with Gasteiger partial charge in [-0.3, -0.25) is 4.79 Å². The average molecular weight is 260 g/mol. The molecule has 0 radical (unpaired) electrons. The third kappa shape index (κ3) is 5.59. The first-order chi connectivity index (χ1) is 8.59. The van der Waals surface area contributed by atoms with Crippen LogP contribution in [0.3, 0.4) is 0 Å². The summed E-state index contributed by atoms with van der Waals surface area (Å²) in [6.45, 7) is 13.2. The molecule has 1 aromatic rings. The summed E-state index contributed by atoms with van der Waals surface area (Å²) in [6.07, 6.45) is 2.73. The normalized spacial score (nSPS) is 12.5. The molecule has 0 aliphatic carbocycles. The first kappa shape index (κ1) is 15.9. The van der Waals surface area contributed by atoms with Crippen molar-refractivity contribution in [3.8, 4) is 0 Å². The third-order valence-electron chi connectivity index (χ3n) is 3.40. The minimum atomic E-state index is 0.147. The molecule has 0 atom stereocenters. The first-order valence-corrected chi connectivity index (χ1v) is 7.23. The third-order valence-corrected chi connectivity index (χ3v) is 3.40. The van der Waals surface area contributed by atoms with Crippen molar-refractivity contribution >= 4 is 5.78 Å². The van der Waals surface area contributed by atoms with Crippen molar-refractivity contribution in [2.24, 2.45) is 5.41 Å². The van der Waals surface area contributed by atoms with Crippen molar-refractivity contribution in [2.45, 2.75) is 66.2 Å². The number of benzene rings is 1. The fourth-order valence-electron chi connectivity index (χ4n) is 2.08. The summed E-state index contributed by atoms with van der Waals surface area (Å²) in [6, 6.07) is 8.11. The van der Waals surface area contributed by atoms with E-state index in [0.717, 1.165) is 18.4 Å². The van der Waals surface area contributed by atoms with Gasteiger partial charge in [0.15, 0.2) is 5.78 Å². The van der Waals surface area contributed by atoms with Crippen LogP contribution < -0.4 is 0 Å². The van der Waals surface area contributed by atoms with Crippen LogP contribution >= 0.6 is 0 Å². The lowest BCUT2D eigenvalue weighted by atomic mass is 9.86. The average Bonchev–Trinajstić information content (AvgIpc) is 2.26. The maximum absolute atomic E-state index is 12.1. The van der Waals surface area contributed by atoms with E-state index in [1.54, 1.807) is 0 Å². The van der Waals surface area contributed by atoms with E-state index in [0.29, 0.717) is 11.8 Å². The number of Topliss-reactive ketones (excluding diaryl/α,β-unsaturated/α-hetero) is 1. The molecule has 0 unspecified atom stereocenters. The number of hydrogen-bond donors (Lipinski definition) is 0. The number of ketones is 1. The van der Waals surface area contributed by atoms with Crippen LogP contribution in [-0.2, 0) is 5.41 Å². The van der Waals surface area contributed by atoms with Crippen LogP contribution in [0.4, 0.5) is 0 Å². The highest BCUT2D eigenvalue weighted by molar-refractivity contribution is 5.96. The highest BCUT2D eigenvalue weighted by atomic mass is 16.1. The first-order valence-electron chi connectivity index (χ1n) is 7.23. The largest absolute Gasteiger partial charge is 0.294 e. The Labute approximate surface area is 118 Å². The van der Waals surface area contributed by atoms with E-state index in [1.165, 1.54) is 5.56 Å². The molecule has 0 aliphatic rings. The molecule has 0 heterocycles. The van der Waals surface area contributed by atoms with E-state index in [4.69, 9.17) is 0 Å². The van der Waals surface area contributed by atoms with E-state index in [1.807, 2.05) is 12.1 Å². The van der Waals surface area contributed by atoms with E-state index in [-0.39, 0.29) is 11.2 Å². The molecule has 1 rings (SSSR count). The summed E-state index contributed by atoms with van der Waals surface area (Å²) >= 11 is 0. The van der Waals surface area contributed by atoms with Crippen molar-refractivity contribution in [1.29, 1.82) is 0 Å². The quantitative estimate of drug-likeness (QED) is 0.664. The topological polar surface area (TPSA) is 17.1 Å².